The lowest BCUT2D eigenvalue weighted by molar-refractivity contribution is -0.150. The van der Waals surface area contributed by atoms with Crippen LogP contribution in [-0.4, -0.2) is 5.97 Å². The summed E-state index contributed by atoms with van der Waals surface area (Å²) < 4.78 is 11.8. The molecule has 0 saturated heterocycles. The zero-order chi connectivity index (χ0) is 21.5. The Kier molecular flexibility index (Phi) is 4.70. The lowest BCUT2D eigenvalue weighted by atomic mass is 9.84. The number of esters is 1. The Morgan fingerprint density at radius 1 is 0.903 bits per heavy atom. The van der Waals surface area contributed by atoms with Crippen LogP contribution in [0, 0.1) is 10.8 Å². The number of rotatable bonds is 6. The zero-order valence-corrected chi connectivity index (χ0v) is 17.9. The number of para-hydroxylation sites is 1. The SMILES string of the molecule is CC1(C)CC1(C(=O)OCc1cccc(Oc2ccccc2)c1)C1=CCc2ccccc21. The van der Waals surface area contributed by atoms with Crippen LogP contribution >= 0.6 is 0 Å². The van der Waals surface area contributed by atoms with Gasteiger partial charge >= 0.3 is 5.97 Å². The highest BCUT2D eigenvalue weighted by Gasteiger charge is 2.69. The van der Waals surface area contributed by atoms with Crippen LogP contribution in [0.15, 0.2) is 84.9 Å². The van der Waals surface area contributed by atoms with E-state index < -0.39 is 5.41 Å². The maximum Gasteiger partial charge on any atom is 0.317 e. The summed E-state index contributed by atoms with van der Waals surface area (Å²) in [5.41, 5.74) is 3.88. The molecule has 0 aromatic heterocycles. The molecule has 3 aromatic carbocycles. The molecule has 0 spiro atoms. The van der Waals surface area contributed by atoms with Crippen molar-refractivity contribution in [3.8, 4) is 11.5 Å². The molecule has 0 bridgehead atoms. The van der Waals surface area contributed by atoms with Crippen LogP contribution in [0.5, 0.6) is 11.5 Å². The molecule has 31 heavy (non-hydrogen) atoms. The summed E-state index contributed by atoms with van der Waals surface area (Å²) in [7, 11) is 0. The Labute approximate surface area is 183 Å². The van der Waals surface area contributed by atoms with Crippen LogP contribution < -0.4 is 4.74 Å². The van der Waals surface area contributed by atoms with Crippen LogP contribution in [0.25, 0.3) is 5.57 Å². The van der Waals surface area contributed by atoms with E-state index in [1.54, 1.807) is 0 Å². The van der Waals surface area contributed by atoms with E-state index in [9.17, 15) is 4.79 Å². The van der Waals surface area contributed by atoms with Gasteiger partial charge in [-0.2, -0.15) is 0 Å². The number of hydrogen-bond donors (Lipinski definition) is 0. The molecule has 3 heteroatoms. The normalized spacial score (nSPS) is 20.5. The first-order valence-electron chi connectivity index (χ1n) is 10.8. The molecule has 5 rings (SSSR count). The van der Waals surface area contributed by atoms with Gasteiger partial charge in [-0.05, 0) is 64.8 Å². The van der Waals surface area contributed by atoms with E-state index in [2.05, 4.69) is 38.1 Å². The van der Waals surface area contributed by atoms with E-state index in [-0.39, 0.29) is 18.0 Å². The summed E-state index contributed by atoms with van der Waals surface area (Å²) in [5, 5.41) is 0. The first kappa shape index (κ1) is 19.6. The van der Waals surface area contributed by atoms with Gasteiger partial charge in [0, 0.05) is 0 Å². The van der Waals surface area contributed by atoms with E-state index in [4.69, 9.17) is 9.47 Å². The Morgan fingerprint density at radius 3 is 2.39 bits per heavy atom. The van der Waals surface area contributed by atoms with Crippen molar-refractivity contribution in [3.63, 3.8) is 0 Å². The summed E-state index contributed by atoms with van der Waals surface area (Å²) in [5.74, 6) is 1.38. The molecule has 3 aromatic rings. The van der Waals surface area contributed by atoms with Crippen molar-refractivity contribution in [2.75, 3.05) is 0 Å². The van der Waals surface area contributed by atoms with Gasteiger partial charge in [0.1, 0.15) is 18.1 Å². The number of hydrogen-bond acceptors (Lipinski definition) is 3. The highest BCUT2D eigenvalue weighted by atomic mass is 16.5. The maximum atomic E-state index is 13.4. The number of carbonyl (C=O) groups excluding carboxylic acids is 1. The highest BCUT2D eigenvalue weighted by Crippen LogP contribution is 2.71. The van der Waals surface area contributed by atoms with Crippen molar-refractivity contribution >= 4 is 11.5 Å². The van der Waals surface area contributed by atoms with Gasteiger partial charge in [-0.3, -0.25) is 4.79 Å². The van der Waals surface area contributed by atoms with Crippen molar-refractivity contribution in [1.82, 2.24) is 0 Å². The van der Waals surface area contributed by atoms with Crippen molar-refractivity contribution in [2.24, 2.45) is 10.8 Å². The van der Waals surface area contributed by atoms with Gasteiger partial charge in [-0.1, -0.05) is 74.5 Å². The van der Waals surface area contributed by atoms with Gasteiger partial charge in [-0.15, -0.1) is 0 Å². The number of benzene rings is 3. The van der Waals surface area contributed by atoms with Crippen LogP contribution in [0.2, 0.25) is 0 Å². The molecule has 1 atom stereocenters. The molecule has 0 heterocycles. The first-order chi connectivity index (χ1) is 15.0. The smallest absolute Gasteiger partial charge is 0.317 e. The van der Waals surface area contributed by atoms with Crippen LogP contribution in [0.1, 0.15) is 37.0 Å². The third-order valence-corrected chi connectivity index (χ3v) is 6.63. The third-order valence-electron chi connectivity index (χ3n) is 6.63. The minimum absolute atomic E-state index is 0.106. The third kappa shape index (κ3) is 3.44. The molecule has 1 saturated carbocycles. The van der Waals surface area contributed by atoms with Crippen LogP contribution in [0.3, 0.4) is 0 Å². The van der Waals surface area contributed by atoms with Crippen LogP contribution in [0.4, 0.5) is 0 Å². The minimum atomic E-state index is -0.558. The predicted octanol–water partition coefficient (Wildman–Crippen LogP) is 6.58. The van der Waals surface area contributed by atoms with Crippen molar-refractivity contribution in [1.29, 1.82) is 0 Å². The maximum absolute atomic E-state index is 13.4. The average Bonchev–Trinajstić information content (AvgIpc) is 3.14. The van der Waals surface area contributed by atoms with E-state index >= 15 is 0 Å². The van der Waals surface area contributed by atoms with E-state index in [1.807, 2.05) is 60.7 Å². The molecule has 1 unspecified atom stereocenters. The fourth-order valence-electron chi connectivity index (χ4n) is 4.82. The molecule has 2 aliphatic carbocycles. The molecule has 0 N–H and O–H groups in total. The second-order valence-corrected chi connectivity index (χ2v) is 9.08. The average molecular weight is 411 g/mol. The first-order valence-corrected chi connectivity index (χ1v) is 10.8. The van der Waals surface area contributed by atoms with Gasteiger partial charge in [-0.25, -0.2) is 0 Å². The molecule has 2 aliphatic rings. The Morgan fingerprint density at radius 2 is 1.61 bits per heavy atom. The Balaban J connectivity index is 1.32. The number of fused-ring (bicyclic) bond motifs is 1. The molecule has 0 radical (unpaired) electrons. The monoisotopic (exact) mass is 410 g/mol. The molecule has 0 aliphatic heterocycles. The molecular weight excluding hydrogens is 384 g/mol. The molecule has 156 valence electrons. The molecular formula is C28H26O3. The van der Waals surface area contributed by atoms with Gasteiger partial charge in [0.2, 0.25) is 0 Å². The lowest BCUT2D eigenvalue weighted by Crippen LogP contribution is -2.25. The topological polar surface area (TPSA) is 35.5 Å². The van der Waals surface area contributed by atoms with Crippen molar-refractivity contribution in [3.05, 3.63) is 102 Å². The van der Waals surface area contributed by atoms with Gasteiger partial charge in [0.25, 0.3) is 0 Å². The van der Waals surface area contributed by atoms with Gasteiger partial charge < -0.3 is 9.47 Å². The lowest BCUT2D eigenvalue weighted by Gasteiger charge is -2.22. The van der Waals surface area contributed by atoms with E-state index in [0.717, 1.165) is 35.5 Å². The fraction of sp³-hybridized carbons (Fsp3) is 0.250. The summed E-state index contributed by atoms with van der Waals surface area (Å²) in [4.78, 5) is 13.4. The van der Waals surface area contributed by atoms with Crippen LogP contribution in [-0.2, 0) is 22.6 Å². The largest absolute Gasteiger partial charge is 0.460 e. The van der Waals surface area contributed by atoms with Crippen molar-refractivity contribution < 1.29 is 14.3 Å². The number of carbonyl (C=O) groups is 1. The van der Waals surface area contributed by atoms with E-state index in [0.29, 0.717) is 0 Å². The Bertz CT molecular complexity index is 1160. The van der Waals surface area contributed by atoms with E-state index in [1.165, 1.54) is 11.1 Å². The summed E-state index contributed by atoms with van der Waals surface area (Å²) in [6, 6.07) is 25.8. The second-order valence-electron chi connectivity index (χ2n) is 9.08. The predicted molar refractivity (Wildman–Crippen MR) is 122 cm³/mol. The second kappa shape index (κ2) is 7.42. The number of ether oxygens (including phenoxy) is 2. The number of allylic oxidation sites excluding steroid dienone is 1. The van der Waals surface area contributed by atoms with Gasteiger partial charge in [0.05, 0.1) is 5.41 Å². The fourth-order valence-corrected chi connectivity index (χ4v) is 4.82. The van der Waals surface area contributed by atoms with Crippen molar-refractivity contribution in [2.45, 2.75) is 33.3 Å². The zero-order valence-electron chi connectivity index (χ0n) is 17.9. The quantitative estimate of drug-likeness (QED) is 0.431. The summed E-state index contributed by atoms with van der Waals surface area (Å²) in [6.45, 7) is 4.55. The van der Waals surface area contributed by atoms with Gasteiger partial charge in [0.15, 0.2) is 0 Å². The molecule has 3 nitrogen and oxygen atoms in total. The molecule has 0 amide bonds. The standard InChI is InChI=1S/C28H26O3/c1-27(2)19-28(27,25-16-15-21-10-6-7-14-24(21)25)26(29)30-18-20-9-8-13-23(17-20)31-22-11-4-3-5-12-22/h3-14,16-17H,15,18-19H2,1-2H3. The summed E-state index contributed by atoms with van der Waals surface area (Å²) in [6.07, 6.45) is 3.92. The molecule has 1 fully saturated rings. The summed E-state index contributed by atoms with van der Waals surface area (Å²) >= 11 is 0. The minimum Gasteiger partial charge on any atom is -0.460 e. The highest BCUT2D eigenvalue weighted by molar-refractivity contribution is 5.99. The Hall–Kier alpha value is -3.33.